The summed E-state index contributed by atoms with van der Waals surface area (Å²) in [6, 6.07) is 7.65. The minimum absolute atomic E-state index is 0.138. The molecule has 4 heterocycles. The van der Waals surface area contributed by atoms with E-state index in [1.54, 1.807) is 17.3 Å². The van der Waals surface area contributed by atoms with Crippen molar-refractivity contribution in [1.82, 2.24) is 19.8 Å². The number of piperidine rings is 1. The molecule has 0 amide bonds. The van der Waals surface area contributed by atoms with Crippen molar-refractivity contribution < 1.29 is 9.53 Å². The molecule has 156 valence electrons. The summed E-state index contributed by atoms with van der Waals surface area (Å²) in [5.74, 6) is 7.62. The molecule has 1 unspecified atom stereocenters. The van der Waals surface area contributed by atoms with Crippen LogP contribution in [0, 0.1) is 24.7 Å². The largest absolute Gasteiger partial charge is 0.467 e. The Morgan fingerprint density at radius 2 is 2.06 bits per heavy atom. The fourth-order valence-electron chi connectivity index (χ4n) is 4.13. The van der Waals surface area contributed by atoms with Gasteiger partial charge in [0.15, 0.2) is 5.82 Å². The highest BCUT2D eigenvalue weighted by Gasteiger charge is 2.30. The first-order chi connectivity index (χ1) is 15.2. The molecule has 3 aliphatic heterocycles. The topological polar surface area (TPSA) is 70.9 Å². The van der Waals surface area contributed by atoms with Crippen LogP contribution in [0.4, 0.5) is 0 Å². The van der Waals surface area contributed by atoms with Gasteiger partial charge in [-0.2, -0.15) is 0 Å². The van der Waals surface area contributed by atoms with E-state index >= 15 is 0 Å². The number of benzene rings is 1. The lowest BCUT2D eigenvalue weighted by atomic mass is 9.97. The lowest BCUT2D eigenvalue weighted by Gasteiger charge is -2.29. The standard InChI is InChI=1S/C24H23N5O2/c1-17-19-4-2-3-5-20(19)27-23(26-17)15-28-10-8-18(9-11-28)6-7-22(30)21-14-25-24-16-31-13-12-29(21)24/h2-5,12-14,16,18,21H,8-11,15H2,1H3. The molecular weight excluding hydrogens is 390 g/mol. The van der Waals surface area contributed by atoms with Gasteiger partial charge in [-0.05, 0) is 44.8 Å². The fraction of sp³-hybridized carbons (Fsp3) is 0.333. The average Bonchev–Trinajstić information content (AvgIpc) is 3.23. The van der Waals surface area contributed by atoms with Gasteiger partial charge < -0.3 is 9.64 Å². The van der Waals surface area contributed by atoms with E-state index in [2.05, 4.69) is 32.8 Å². The van der Waals surface area contributed by atoms with Crippen molar-refractivity contribution >= 4 is 22.9 Å². The van der Waals surface area contributed by atoms with Crippen LogP contribution >= 0.6 is 0 Å². The molecule has 1 atom stereocenters. The Hall–Kier alpha value is -3.50. The number of fused-ring (bicyclic) bond motifs is 2. The highest BCUT2D eigenvalue weighted by atomic mass is 16.5. The normalized spacial score (nSPS) is 20.7. The van der Waals surface area contributed by atoms with Crippen molar-refractivity contribution in [1.29, 1.82) is 0 Å². The lowest BCUT2D eigenvalue weighted by Crippen LogP contribution is -2.35. The van der Waals surface area contributed by atoms with Crippen LogP contribution in [-0.2, 0) is 16.1 Å². The van der Waals surface area contributed by atoms with Gasteiger partial charge in [0.1, 0.15) is 24.4 Å². The van der Waals surface area contributed by atoms with Crippen LogP contribution < -0.4 is 0 Å². The molecule has 1 aromatic heterocycles. The molecule has 0 radical (unpaired) electrons. The molecule has 7 nitrogen and oxygen atoms in total. The second-order valence-corrected chi connectivity index (χ2v) is 7.95. The number of Topliss-reactive ketones (excluding diaryl/α,β-unsaturated/α-hetero) is 1. The number of carbonyl (C=O) groups excluding carboxylic acids is 1. The predicted octanol–water partition coefficient (Wildman–Crippen LogP) is 2.78. The zero-order valence-electron chi connectivity index (χ0n) is 17.4. The third-order valence-corrected chi connectivity index (χ3v) is 5.85. The van der Waals surface area contributed by atoms with Gasteiger partial charge in [0.2, 0.25) is 5.78 Å². The number of nitrogens with zero attached hydrogens (tertiary/aromatic N) is 5. The van der Waals surface area contributed by atoms with E-state index in [0.29, 0.717) is 5.82 Å². The third kappa shape index (κ3) is 4.07. The van der Waals surface area contributed by atoms with E-state index < -0.39 is 6.04 Å². The summed E-state index contributed by atoms with van der Waals surface area (Å²) in [7, 11) is 0. The molecule has 0 saturated carbocycles. The monoisotopic (exact) mass is 413 g/mol. The summed E-state index contributed by atoms with van der Waals surface area (Å²) >= 11 is 0. The number of hydrogen-bond donors (Lipinski definition) is 0. The van der Waals surface area contributed by atoms with Gasteiger partial charge in [0.25, 0.3) is 0 Å². The Morgan fingerprint density at radius 3 is 2.94 bits per heavy atom. The molecule has 1 fully saturated rings. The second kappa shape index (κ2) is 8.32. The predicted molar refractivity (Wildman–Crippen MR) is 117 cm³/mol. The highest BCUT2D eigenvalue weighted by molar-refractivity contribution is 6.10. The number of aliphatic imine (C=N–C) groups is 1. The summed E-state index contributed by atoms with van der Waals surface area (Å²) in [5.41, 5.74) is 2.01. The Balaban J connectivity index is 1.17. The van der Waals surface area contributed by atoms with Crippen LogP contribution in [0.3, 0.4) is 0 Å². The van der Waals surface area contributed by atoms with E-state index in [1.165, 1.54) is 12.5 Å². The van der Waals surface area contributed by atoms with Gasteiger partial charge in [-0.3, -0.25) is 9.69 Å². The van der Waals surface area contributed by atoms with Crippen LogP contribution in [0.15, 0.2) is 53.8 Å². The zero-order chi connectivity index (χ0) is 21.2. The second-order valence-electron chi connectivity index (χ2n) is 7.95. The van der Waals surface area contributed by atoms with Gasteiger partial charge >= 0.3 is 0 Å². The van der Waals surface area contributed by atoms with Crippen molar-refractivity contribution in [3.8, 4) is 11.8 Å². The van der Waals surface area contributed by atoms with Crippen LogP contribution in [0.5, 0.6) is 0 Å². The van der Waals surface area contributed by atoms with Crippen LogP contribution in [0.2, 0.25) is 0 Å². The number of para-hydroxylation sites is 1. The smallest absolute Gasteiger partial charge is 0.233 e. The minimum Gasteiger partial charge on any atom is -0.467 e. The summed E-state index contributed by atoms with van der Waals surface area (Å²) in [5, 5.41) is 1.10. The first kappa shape index (κ1) is 19.5. The SMILES string of the molecule is Cc1nc(CN2CCC(C#CC(=O)C3C=NC4=COC=CN43)CC2)nc2ccccc12. The molecule has 31 heavy (non-hydrogen) atoms. The van der Waals surface area contributed by atoms with Crippen LogP contribution in [0.1, 0.15) is 24.4 Å². The van der Waals surface area contributed by atoms with Crippen molar-refractivity contribution in [2.24, 2.45) is 10.9 Å². The van der Waals surface area contributed by atoms with E-state index in [1.807, 2.05) is 25.1 Å². The number of ketones is 1. The molecular formula is C24H23N5O2. The molecule has 0 N–H and O–H groups in total. The summed E-state index contributed by atoms with van der Waals surface area (Å²) < 4.78 is 5.09. The number of carbonyl (C=O) groups is 1. The quantitative estimate of drug-likeness (QED) is 0.569. The molecule has 3 aliphatic rings. The summed E-state index contributed by atoms with van der Waals surface area (Å²) in [6.07, 6.45) is 8.26. The van der Waals surface area contributed by atoms with Crippen molar-refractivity contribution in [2.75, 3.05) is 13.1 Å². The van der Waals surface area contributed by atoms with Gasteiger partial charge in [-0.15, -0.1) is 0 Å². The first-order valence-electron chi connectivity index (χ1n) is 10.5. The number of aromatic nitrogens is 2. The van der Waals surface area contributed by atoms with Crippen LogP contribution in [-0.4, -0.2) is 50.9 Å². The molecule has 5 rings (SSSR count). The van der Waals surface area contributed by atoms with Gasteiger partial charge in [0.05, 0.1) is 12.1 Å². The Bertz CT molecular complexity index is 1170. The lowest BCUT2D eigenvalue weighted by molar-refractivity contribution is -0.115. The summed E-state index contributed by atoms with van der Waals surface area (Å²) in [6.45, 7) is 4.62. The van der Waals surface area contributed by atoms with Crippen molar-refractivity contribution in [3.63, 3.8) is 0 Å². The summed E-state index contributed by atoms with van der Waals surface area (Å²) in [4.78, 5) is 30.3. The highest BCUT2D eigenvalue weighted by Crippen LogP contribution is 2.22. The third-order valence-electron chi connectivity index (χ3n) is 5.85. The van der Waals surface area contributed by atoms with E-state index in [4.69, 9.17) is 9.72 Å². The molecule has 0 spiro atoms. The van der Waals surface area contributed by atoms with E-state index in [0.717, 1.165) is 54.9 Å². The Morgan fingerprint density at radius 1 is 1.23 bits per heavy atom. The first-order valence-corrected chi connectivity index (χ1v) is 10.5. The number of rotatable bonds is 3. The van der Waals surface area contributed by atoms with Crippen LogP contribution in [0.25, 0.3) is 10.9 Å². The Labute approximate surface area is 181 Å². The number of ether oxygens (including phenoxy) is 1. The molecule has 1 aromatic carbocycles. The maximum absolute atomic E-state index is 12.6. The number of aryl methyl sites for hydroxylation is 1. The maximum Gasteiger partial charge on any atom is 0.233 e. The number of hydrogen-bond acceptors (Lipinski definition) is 7. The molecule has 1 saturated heterocycles. The van der Waals surface area contributed by atoms with E-state index in [9.17, 15) is 4.79 Å². The fourth-order valence-corrected chi connectivity index (χ4v) is 4.13. The Kier molecular flexibility index (Phi) is 5.23. The van der Waals surface area contributed by atoms with Crippen molar-refractivity contribution in [3.05, 3.63) is 60.3 Å². The number of likely N-dealkylation sites (tertiary alicyclic amines) is 1. The van der Waals surface area contributed by atoms with E-state index in [-0.39, 0.29) is 11.7 Å². The van der Waals surface area contributed by atoms with Gasteiger partial charge in [0, 0.05) is 29.4 Å². The average molecular weight is 413 g/mol. The zero-order valence-corrected chi connectivity index (χ0v) is 17.4. The van der Waals surface area contributed by atoms with Gasteiger partial charge in [-0.25, -0.2) is 15.0 Å². The van der Waals surface area contributed by atoms with Crippen molar-refractivity contribution in [2.45, 2.75) is 32.4 Å². The molecule has 0 bridgehead atoms. The molecule has 2 aromatic rings. The molecule has 7 heteroatoms. The maximum atomic E-state index is 12.6. The molecule has 0 aliphatic carbocycles. The van der Waals surface area contributed by atoms with Gasteiger partial charge in [-0.1, -0.05) is 24.1 Å². The minimum atomic E-state index is -0.465.